The van der Waals surface area contributed by atoms with Crippen LogP contribution in [0.5, 0.6) is 5.75 Å². The highest BCUT2D eigenvalue weighted by Crippen LogP contribution is 2.68. The van der Waals surface area contributed by atoms with E-state index < -0.39 is 0 Å². The first kappa shape index (κ1) is 26.9. The standard InChI is InChI=1S/C33H52N2O2/c1-21(8-7-9-22(2)31(36)37-26-19-24(34)18-25(35)20-26)28-13-14-29-27-12-11-23-10-5-6-16-32(23,3)30(27)15-17-33(28,29)4/h18-23,27-30H,5-17,34-35H2,1-4H3/t21-,22?,23?,27+,28-,29+,30+,32+,33-/m1/s1. The predicted molar refractivity (Wildman–Crippen MR) is 153 cm³/mol. The molecule has 0 radical (unpaired) electrons. The number of rotatable bonds is 7. The van der Waals surface area contributed by atoms with Crippen molar-refractivity contribution in [2.24, 2.45) is 52.3 Å². The van der Waals surface area contributed by atoms with Crippen molar-refractivity contribution in [1.82, 2.24) is 0 Å². The van der Waals surface area contributed by atoms with Gasteiger partial charge in [0.25, 0.3) is 0 Å². The average molecular weight is 509 g/mol. The lowest BCUT2D eigenvalue weighted by Gasteiger charge is -2.61. The number of carbonyl (C=O) groups is 1. The Morgan fingerprint density at radius 3 is 2.38 bits per heavy atom. The Hall–Kier alpha value is -1.71. The molecule has 0 spiro atoms. The van der Waals surface area contributed by atoms with E-state index >= 15 is 0 Å². The van der Waals surface area contributed by atoms with Gasteiger partial charge in [0, 0.05) is 23.5 Å². The zero-order valence-corrected chi connectivity index (χ0v) is 23.9. The average Bonchev–Trinajstić information content (AvgIpc) is 3.20. The van der Waals surface area contributed by atoms with Crippen molar-refractivity contribution in [3.8, 4) is 5.75 Å². The number of hydrogen-bond acceptors (Lipinski definition) is 4. The fourth-order valence-corrected chi connectivity index (χ4v) is 10.3. The molecule has 37 heavy (non-hydrogen) atoms. The number of nitrogen functional groups attached to an aromatic ring is 2. The Morgan fingerprint density at radius 2 is 1.62 bits per heavy atom. The second kappa shape index (κ2) is 10.5. The molecule has 0 bridgehead atoms. The van der Waals surface area contributed by atoms with Crippen LogP contribution in [0, 0.1) is 52.3 Å². The van der Waals surface area contributed by atoms with Crippen molar-refractivity contribution in [3.63, 3.8) is 0 Å². The fourth-order valence-electron chi connectivity index (χ4n) is 10.3. The second-order valence-electron chi connectivity index (χ2n) is 14.2. The monoisotopic (exact) mass is 508 g/mol. The van der Waals surface area contributed by atoms with Crippen molar-refractivity contribution >= 4 is 17.3 Å². The zero-order chi connectivity index (χ0) is 26.4. The SMILES string of the molecule is CC(CCC[C@@H](C)[C@H]1CC[C@H]2[C@@H]3CCC4CCCC[C@]4(C)[C@H]3CC[C@]12C)C(=O)Oc1cc(N)cc(N)c1. The van der Waals surface area contributed by atoms with Gasteiger partial charge in [-0.3, -0.25) is 4.79 Å². The third-order valence-electron chi connectivity index (χ3n) is 12.2. The second-order valence-corrected chi connectivity index (χ2v) is 14.2. The molecule has 4 fully saturated rings. The van der Waals surface area contributed by atoms with Crippen molar-refractivity contribution in [2.45, 2.75) is 111 Å². The summed E-state index contributed by atoms with van der Waals surface area (Å²) in [6.07, 6.45) is 17.9. The van der Waals surface area contributed by atoms with Crippen LogP contribution in [-0.2, 0) is 4.79 Å². The number of esters is 1. The molecular formula is C33H52N2O2. The molecular weight excluding hydrogens is 456 g/mol. The van der Waals surface area contributed by atoms with Gasteiger partial charge in [0.15, 0.2) is 0 Å². The van der Waals surface area contributed by atoms with Gasteiger partial charge in [-0.25, -0.2) is 0 Å². The van der Waals surface area contributed by atoms with Crippen LogP contribution < -0.4 is 16.2 Å². The minimum absolute atomic E-state index is 0.122. The molecule has 1 aromatic carbocycles. The van der Waals surface area contributed by atoms with E-state index in [4.69, 9.17) is 16.2 Å². The minimum atomic E-state index is -0.185. The van der Waals surface area contributed by atoms with E-state index in [-0.39, 0.29) is 11.9 Å². The lowest BCUT2D eigenvalue weighted by molar-refractivity contribution is -0.138. The molecule has 0 aromatic heterocycles. The highest BCUT2D eigenvalue weighted by atomic mass is 16.5. The summed E-state index contributed by atoms with van der Waals surface area (Å²) in [5, 5.41) is 0. The summed E-state index contributed by atoms with van der Waals surface area (Å²) in [5.74, 6) is 5.62. The Labute approximate surface area is 225 Å². The van der Waals surface area contributed by atoms with Crippen LogP contribution in [-0.4, -0.2) is 5.97 Å². The maximum atomic E-state index is 12.7. The quantitative estimate of drug-likeness (QED) is 0.221. The first-order valence-corrected chi connectivity index (χ1v) is 15.5. The molecule has 4 aliphatic rings. The first-order chi connectivity index (χ1) is 17.6. The van der Waals surface area contributed by atoms with E-state index in [0.717, 1.165) is 48.3 Å². The third-order valence-corrected chi connectivity index (χ3v) is 12.2. The van der Waals surface area contributed by atoms with Crippen LogP contribution in [0.15, 0.2) is 18.2 Å². The van der Waals surface area contributed by atoms with E-state index in [0.29, 0.717) is 28.0 Å². The number of anilines is 2. The summed E-state index contributed by atoms with van der Waals surface area (Å²) in [7, 11) is 0. The van der Waals surface area contributed by atoms with Crippen molar-refractivity contribution in [2.75, 3.05) is 11.5 Å². The summed E-state index contributed by atoms with van der Waals surface area (Å²) < 4.78 is 5.58. The molecule has 5 rings (SSSR count). The summed E-state index contributed by atoms with van der Waals surface area (Å²) >= 11 is 0. The Balaban J connectivity index is 1.14. The number of ether oxygens (including phenoxy) is 1. The molecule has 1 aromatic rings. The maximum absolute atomic E-state index is 12.7. The molecule has 4 heteroatoms. The van der Waals surface area contributed by atoms with Gasteiger partial charge < -0.3 is 16.2 Å². The summed E-state index contributed by atoms with van der Waals surface area (Å²) in [5.41, 5.74) is 13.9. The summed E-state index contributed by atoms with van der Waals surface area (Å²) in [4.78, 5) is 12.7. The van der Waals surface area contributed by atoms with Crippen LogP contribution in [0.25, 0.3) is 0 Å². The zero-order valence-electron chi connectivity index (χ0n) is 23.9. The largest absolute Gasteiger partial charge is 0.426 e. The van der Waals surface area contributed by atoms with Gasteiger partial charge in [-0.05, 0) is 110 Å². The van der Waals surface area contributed by atoms with Gasteiger partial charge in [-0.2, -0.15) is 0 Å². The van der Waals surface area contributed by atoms with Crippen LogP contribution >= 0.6 is 0 Å². The summed E-state index contributed by atoms with van der Waals surface area (Å²) in [6.45, 7) is 9.86. The van der Waals surface area contributed by atoms with Crippen molar-refractivity contribution < 1.29 is 9.53 Å². The smallest absolute Gasteiger partial charge is 0.314 e. The molecule has 0 amide bonds. The number of benzene rings is 1. The minimum Gasteiger partial charge on any atom is -0.426 e. The van der Waals surface area contributed by atoms with E-state index in [1.807, 2.05) is 6.92 Å². The molecule has 9 atom stereocenters. The highest BCUT2D eigenvalue weighted by Gasteiger charge is 2.60. The topological polar surface area (TPSA) is 78.3 Å². The first-order valence-electron chi connectivity index (χ1n) is 15.5. The third kappa shape index (κ3) is 5.03. The number of hydrogen-bond donors (Lipinski definition) is 2. The molecule has 2 unspecified atom stereocenters. The Morgan fingerprint density at radius 1 is 0.892 bits per heavy atom. The maximum Gasteiger partial charge on any atom is 0.314 e. The van der Waals surface area contributed by atoms with Crippen LogP contribution in [0.4, 0.5) is 11.4 Å². The lowest BCUT2D eigenvalue weighted by Crippen LogP contribution is -2.53. The van der Waals surface area contributed by atoms with Crippen LogP contribution in [0.1, 0.15) is 111 Å². The lowest BCUT2D eigenvalue weighted by atomic mass is 9.44. The van der Waals surface area contributed by atoms with Crippen molar-refractivity contribution in [3.05, 3.63) is 18.2 Å². The van der Waals surface area contributed by atoms with Crippen LogP contribution in [0.2, 0.25) is 0 Å². The van der Waals surface area contributed by atoms with Gasteiger partial charge in [-0.15, -0.1) is 0 Å². The summed E-state index contributed by atoms with van der Waals surface area (Å²) in [6, 6.07) is 5.00. The Bertz CT molecular complexity index is 957. The molecule has 0 aliphatic heterocycles. The van der Waals surface area contributed by atoms with Gasteiger partial charge in [0.2, 0.25) is 0 Å². The van der Waals surface area contributed by atoms with E-state index in [2.05, 4.69) is 20.8 Å². The van der Waals surface area contributed by atoms with E-state index in [9.17, 15) is 4.79 Å². The van der Waals surface area contributed by atoms with Gasteiger partial charge >= 0.3 is 5.97 Å². The van der Waals surface area contributed by atoms with Gasteiger partial charge in [0.05, 0.1) is 5.92 Å². The molecule has 4 N–H and O–H groups in total. The van der Waals surface area contributed by atoms with Crippen LogP contribution in [0.3, 0.4) is 0 Å². The Kier molecular flexibility index (Phi) is 7.59. The molecule has 4 nitrogen and oxygen atoms in total. The highest BCUT2D eigenvalue weighted by molar-refractivity contribution is 5.75. The molecule has 0 heterocycles. The molecule has 4 aliphatic carbocycles. The molecule has 4 saturated carbocycles. The number of fused-ring (bicyclic) bond motifs is 5. The predicted octanol–water partition coefficient (Wildman–Crippen LogP) is 8.25. The fraction of sp³-hybridized carbons (Fsp3) is 0.788. The van der Waals surface area contributed by atoms with Gasteiger partial charge in [-0.1, -0.05) is 53.4 Å². The van der Waals surface area contributed by atoms with E-state index in [1.54, 1.807) is 18.2 Å². The molecule has 206 valence electrons. The van der Waals surface area contributed by atoms with E-state index in [1.165, 1.54) is 70.6 Å². The number of nitrogens with two attached hydrogens (primary N) is 2. The van der Waals surface area contributed by atoms with Gasteiger partial charge in [0.1, 0.15) is 5.75 Å². The number of carbonyl (C=O) groups excluding carboxylic acids is 1. The van der Waals surface area contributed by atoms with Crippen molar-refractivity contribution in [1.29, 1.82) is 0 Å². The normalized spacial score (nSPS) is 38.6. The molecule has 0 saturated heterocycles.